The number of para-hydroxylation sites is 1. The lowest BCUT2D eigenvalue weighted by Crippen LogP contribution is -1.97. The summed E-state index contributed by atoms with van der Waals surface area (Å²) in [5.41, 5.74) is 8.19. The minimum Gasteiger partial charge on any atom is -0.342 e. The average Bonchev–Trinajstić information content (AvgIpc) is 2.95. The standard InChI is InChI=1S/C14H13ClN2S/c15-12-5-6-18-14(12)9-17-8-10(7-16)11-3-1-2-4-13(11)17/h1-6,8H,7,9,16H2. The number of hydrogen-bond donors (Lipinski definition) is 1. The van der Waals surface area contributed by atoms with Crippen molar-refractivity contribution in [2.45, 2.75) is 13.1 Å². The van der Waals surface area contributed by atoms with Crippen LogP contribution in [0.4, 0.5) is 0 Å². The van der Waals surface area contributed by atoms with Crippen molar-refractivity contribution in [2.24, 2.45) is 5.73 Å². The van der Waals surface area contributed by atoms with Crippen molar-refractivity contribution >= 4 is 33.8 Å². The maximum atomic E-state index is 6.15. The first-order valence-electron chi connectivity index (χ1n) is 5.78. The molecule has 0 atom stereocenters. The Morgan fingerprint density at radius 1 is 1.22 bits per heavy atom. The van der Waals surface area contributed by atoms with E-state index in [4.69, 9.17) is 17.3 Å². The molecular weight excluding hydrogens is 264 g/mol. The molecule has 2 N–H and O–H groups in total. The summed E-state index contributed by atoms with van der Waals surface area (Å²) >= 11 is 7.84. The average molecular weight is 277 g/mol. The fraction of sp³-hybridized carbons (Fsp3) is 0.143. The number of fused-ring (bicyclic) bond motifs is 1. The van der Waals surface area contributed by atoms with E-state index in [-0.39, 0.29) is 0 Å². The summed E-state index contributed by atoms with van der Waals surface area (Å²) in [6.45, 7) is 1.36. The van der Waals surface area contributed by atoms with E-state index in [9.17, 15) is 0 Å². The maximum Gasteiger partial charge on any atom is 0.0584 e. The molecule has 0 bridgehead atoms. The number of nitrogens with two attached hydrogens (primary N) is 1. The van der Waals surface area contributed by atoms with E-state index >= 15 is 0 Å². The molecule has 2 nitrogen and oxygen atoms in total. The molecule has 2 heterocycles. The van der Waals surface area contributed by atoms with Crippen LogP contribution < -0.4 is 5.73 Å². The fourth-order valence-electron chi connectivity index (χ4n) is 2.21. The normalized spacial score (nSPS) is 11.2. The number of benzene rings is 1. The molecule has 3 rings (SSSR count). The van der Waals surface area contributed by atoms with Crippen LogP contribution in [0.1, 0.15) is 10.4 Å². The predicted octanol–water partition coefficient (Wildman–Crippen LogP) is 3.86. The Labute approximate surface area is 115 Å². The molecule has 0 unspecified atom stereocenters. The van der Waals surface area contributed by atoms with Gasteiger partial charge in [0, 0.05) is 28.5 Å². The fourth-order valence-corrected chi connectivity index (χ4v) is 3.30. The van der Waals surface area contributed by atoms with E-state index in [0.29, 0.717) is 6.54 Å². The van der Waals surface area contributed by atoms with Crippen LogP contribution in [0.25, 0.3) is 10.9 Å². The quantitative estimate of drug-likeness (QED) is 0.774. The first kappa shape index (κ1) is 11.8. The van der Waals surface area contributed by atoms with E-state index in [1.807, 2.05) is 17.5 Å². The van der Waals surface area contributed by atoms with Gasteiger partial charge in [-0.15, -0.1) is 11.3 Å². The third kappa shape index (κ3) is 1.94. The zero-order valence-electron chi connectivity index (χ0n) is 9.77. The molecule has 4 heteroatoms. The Balaban J connectivity index is 2.09. The smallest absolute Gasteiger partial charge is 0.0584 e. The first-order valence-corrected chi connectivity index (χ1v) is 7.04. The Hall–Kier alpha value is -1.29. The molecule has 3 aromatic rings. The molecule has 0 radical (unpaired) electrons. The highest BCUT2D eigenvalue weighted by molar-refractivity contribution is 7.10. The molecule has 0 fully saturated rings. The number of rotatable bonds is 3. The van der Waals surface area contributed by atoms with Crippen LogP contribution in [0.15, 0.2) is 41.9 Å². The Bertz CT molecular complexity index is 684. The van der Waals surface area contributed by atoms with E-state index in [2.05, 4.69) is 29.0 Å². The van der Waals surface area contributed by atoms with Crippen molar-refractivity contribution in [1.29, 1.82) is 0 Å². The van der Waals surface area contributed by atoms with Crippen molar-refractivity contribution in [3.63, 3.8) is 0 Å². The summed E-state index contributed by atoms with van der Waals surface area (Å²) in [6.07, 6.45) is 2.13. The van der Waals surface area contributed by atoms with Gasteiger partial charge in [-0.1, -0.05) is 29.8 Å². The van der Waals surface area contributed by atoms with Gasteiger partial charge in [0.1, 0.15) is 0 Å². The van der Waals surface area contributed by atoms with Gasteiger partial charge in [-0.05, 0) is 23.1 Å². The highest BCUT2D eigenvalue weighted by Crippen LogP contribution is 2.27. The van der Waals surface area contributed by atoms with Crippen LogP contribution in [0.3, 0.4) is 0 Å². The van der Waals surface area contributed by atoms with E-state index < -0.39 is 0 Å². The maximum absolute atomic E-state index is 6.15. The third-order valence-electron chi connectivity index (χ3n) is 3.10. The van der Waals surface area contributed by atoms with Crippen LogP contribution in [0.2, 0.25) is 5.02 Å². The summed E-state index contributed by atoms with van der Waals surface area (Å²) < 4.78 is 2.22. The van der Waals surface area contributed by atoms with Crippen molar-refractivity contribution < 1.29 is 0 Å². The summed E-state index contributed by atoms with van der Waals surface area (Å²) in [7, 11) is 0. The number of thiophene rings is 1. The van der Waals surface area contributed by atoms with Crippen LogP contribution in [0, 0.1) is 0 Å². The summed E-state index contributed by atoms with van der Waals surface area (Å²) in [5.74, 6) is 0. The molecular formula is C14H13ClN2S. The van der Waals surface area contributed by atoms with Crippen molar-refractivity contribution in [1.82, 2.24) is 4.57 Å². The molecule has 18 heavy (non-hydrogen) atoms. The van der Waals surface area contributed by atoms with Crippen molar-refractivity contribution in [3.8, 4) is 0 Å². The van der Waals surface area contributed by atoms with E-state index in [1.165, 1.54) is 21.3 Å². The zero-order chi connectivity index (χ0) is 12.5. The van der Waals surface area contributed by atoms with E-state index in [0.717, 1.165) is 11.6 Å². The van der Waals surface area contributed by atoms with Gasteiger partial charge >= 0.3 is 0 Å². The minimum absolute atomic E-state index is 0.561. The topological polar surface area (TPSA) is 30.9 Å². The third-order valence-corrected chi connectivity index (χ3v) is 4.47. The van der Waals surface area contributed by atoms with Gasteiger partial charge in [-0.2, -0.15) is 0 Å². The Kier molecular flexibility index (Phi) is 3.12. The van der Waals surface area contributed by atoms with Gasteiger partial charge in [0.15, 0.2) is 0 Å². The van der Waals surface area contributed by atoms with Crippen molar-refractivity contribution in [3.05, 3.63) is 57.4 Å². The van der Waals surface area contributed by atoms with Crippen molar-refractivity contribution in [2.75, 3.05) is 0 Å². The van der Waals surface area contributed by atoms with Crippen LogP contribution in [-0.4, -0.2) is 4.57 Å². The van der Waals surface area contributed by atoms with E-state index in [1.54, 1.807) is 11.3 Å². The lowest BCUT2D eigenvalue weighted by atomic mass is 10.2. The second-order valence-corrected chi connectivity index (χ2v) is 5.60. The highest BCUT2D eigenvalue weighted by atomic mass is 35.5. The summed E-state index contributed by atoms with van der Waals surface area (Å²) in [4.78, 5) is 1.18. The highest BCUT2D eigenvalue weighted by Gasteiger charge is 2.09. The van der Waals surface area contributed by atoms with Gasteiger partial charge in [0.25, 0.3) is 0 Å². The number of halogens is 1. The molecule has 2 aromatic heterocycles. The van der Waals surface area contributed by atoms with Gasteiger partial charge in [0.2, 0.25) is 0 Å². The Morgan fingerprint density at radius 3 is 2.78 bits per heavy atom. The first-order chi connectivity index (χ1) is 8.79. The molecule has 1 aromatic carbocycles. The van der Waals surface area contributed by atoms with Gasteiger partial charge < -0.3 is 10.3 Å². The summed E-state index contributed by atoms with van der Waals surface area (Å²) in [6, 6.07) is 10.3. The second-order valence-electron chi connectivity index (χ2n) is 4.20. The molecule has 0 aliphatic heterocycles. The molecule has 0 saturated heterocycles. The summed E-state index contributed by atoms with van der Waals surface area (Å²) in [5, 5.41) is 4.09. The molecule has 0 saturated carbocycles. The lowest BCUT2D eigenvalue weighted by molar-refractivity contribution is 0.843. The minimum atomic E-state index is 0.561. The van der Waals surface area contributed by atoms with Gasteiger partial charge in [-0.25, -0.2) is 0 Å². The number of hydrogen-bond acceptors (Lipinski definition) is 2. The zero-order valence-corrected chi connectivity index (χ0v) is 11.3. The largest absolute Gasteiger partial charge is 0.342 e. The second kappa shape index (κ2) is 4.76. The van der Waals surface area contributed by atoms with Crippen LogP contribution >= 0.6 is 22.9 Å². The molecule has 92 valence electrons. The molecule has 0 aliphatic rings. The molecule has 0 amide bonds. The SMILES string of the molecule is NCc1cn(Cc2sccc2Cl)c2ccccc12. The Morgan fingerprint density at radius 2 is 2.06 bits per heavy atom. The van der Waals surface area contributed by atoms with Gasteiger partial charge in [-0.3, -0.25) is 0 Å². The van der Waals surface area contributed by atoms with Crippen LogP contribution in [0.5, 0.6) is 0 Å². The number of nitrogens with zero attached hydrogens (tertiary/aromatic N) is 1. The lowest BCUT2D eigenvalue weighted by Gasteiger charge is -2.03. The van der Waals surface area contributed by atoms with Gasteiger partial charge in [0.05, 0.1) is 11.6 Å². The monoisotopic (exact) mass is 276 g/mol. The molecule has 0 spiro atoms. The predicted molar refractivity (Wildman–Crippen MR) is 78.3 cm³/mol. The number of aromatic nitrogens is 1. The molecule has 0 aliphatic carbocycles. The van der Waals surface area contributed by atoms with Crippen LogP contribution in [-0.2, 0) is 13.1 Å².